The molecular formula is C19H21FN2O2S. The summed E-state index contributed by atoms with van der Waals surface area (Å²) in [5.41, 5.74) is 1.15. The van der Waals surface area contributed by atoms with Gasteiger partial charge >= 0.3 is 0 Å². The minimum atomic E-state index is -0.259. The summed E-state index contributed by atoms with van der Waals surface area (Å²) in [4.78, 5) is 17.4. The molecule has 0 radical (unpaired) electrons. The fourth-order valence-electron chi connectivity index (χ4n) is 2.77. The van der Waals surface area contributed by atoms with Gasteiger partial charge in [-0.2, -0.15) is 0 Å². The second-order valence-electron chi connectivity index (χ2n) is 5.81. The minimum Gasteiger partial charge on any atom is -0.497 e. The molecule has 0 saturated carbocycles. The average molecular weight is 360 g/mol. The SMILES string of the molecule is COc1ccc(N2CCN(C(=O)CSc3ccc(F)cc3)CC2)cc1. The Morgan fingerprint density at radius 2 is 1.68 bits per heavy atom. The molecule has 25 heavy (non-hydrogen) atoms. The van der Waals surface area contributed by atoms with E-state index >= 15 is 0 Å². The summed E-state index contributed by atoms with van der Waals surface area (Å²) in [6.45, 7) is 3.07. The van der Waals surface area contributed by atoms with Gasteiger partial charge in [-0.25, -0.2) is 4.39 Å². The standard InChI is InChI=1S/C19H21FN2O2S/c1-24-17-6-4-16(5-7-17)21-10-12-22(13-11-21)19(23)14-25-18-8-2-15(20)3-9-18/h2-9H,10-14H2,1H3. The Balaban J connectivity index is 1.47. The lowest BCUT2D eigenvalue weighted by molar-refractivity contribution is -0.128. The number of thioether (sulfide) groups is 1. The average Bonchev–Trinajstić information content (AvgIpc) is 2.67. The second kappa shape index (κ2) is 8.25. The molecule has 6 heteroatoms. The Bertz CT molecular complexity index is 698. The monoisotopic (exact) mass is 360 g/mol. The number of piperazine rings is 1. The lowest BCUT2D eigenvalue weighted by Crippen LogP contribution is -2.49. The van der Waals surface area contributed by atoms with Crippen molar-refractivity contribution < 1.29 is 13.9 Å². The number of hydrogen-bond donors (Lipinski definition) is 0. The van der Waals surface area contributed by atoms with Crippen molar-refractivity contribution in [3.63, 3.8) is 0 Å². The smallest absolute Gasteiger partial charge is 0.233 e. The van der Waals surface area contributed by atoms with E-state index in [1.54, 1.807) is 19.2 Å². The number of carbonyl (C=O) groups excluding carboxylic acids is 1. The predicted molar refractivity (Wildman–Crippen MR) is 98.9 cm³/mol. The van der Waals surface area contributed by atoms with E-state index in [-0.39, 0.29) is 11.7 Å². The van der Waals surface area contributed by atoms with Gasteiger partial charge in [-0.3, -0.25) is 4.79 Å². The largest absolute Gasteiger partial charge is 0.497 e. The van der Waals surface area contributed by atoms with E-state index < -0.39 is 0 Å². The van der Waals surface area contributed by atoms with Crippen LogP contribution in [0.3, 0.4) is 0 Å². The highest BCUT2D eigenvalue weighted by Gasteiger charge is 2.21. The highest BCUT2D eigenvalue weighted by atomic mass is 32.2. The number of benzene rings is 2. The van der Waals surface area contributed by atoms with Gasteiger partial charge in [0.2, 0.25) is 5.91 Å². The van der Waals surface area contributed by atoms with E-state index in [0.29, 0.717) is 5.75 Å². The number of amides is 1. The number of anilines is 1. The van der Waals surface area contributed by atoms with Gasteiger partial charge in [-0.05, 0) is 48.5 Å². The third-order valence-electron chi connectivity index (χ3n) is 4.25. The first-order valence-corrected chi connectivity index (χ1v) is 9.19. The van der Waals surface area contributed by atoms with E-state index in [0.717, 1.165) is 42.5 Å². The number of carbonyl (C=O) groups is 1. The van der Waals surface area contributed by atoms with E-state index in [2.05, 4.69) is 4.90 Å². The molecule has 3 rings (SSSR count). The zero-order valence-electron chi connectivity index (χ0n) is 14.2. The summed E-state index contributed by atoms with van der Waals surface area (Å²) < 4.78 is 18.1. The number of halogens is 1. The van der Waals surface area contributed by atoms with Crippen molar-refractivity contribution in [3.8, 4) is 5.75 Å². The predicted octanol–water partition coefficient (Wildman–Crippen LogP) is 3.28. The van der Waals surface area contributed by atoms with Crippen LogP contribution < -0.4 is 9.64 Å². The molecule has 2 aromatic carbocycles. The van der Waals surface area contributed by atoms with Crippen LogP contribution in [-0.2, 0) is 4.79 Å². The van der Waals surface area contributed by atoms with Crippen molar-refractivity contribution in [1.82, 2.24) is 4.90 Å². The molecule has 4 nitrogen and oxygen atoms in total. The van der Waals surface area contributed by atoms with Crippen LogP contribution in [0.5, 0.6) is 5.75 Å². The maximum atomic E-state index is 12.9. The fourth-order valence-corrected chi connectivity index (χ4v) is 3.58. The van der Waals surface area contributed by atoms with Crippen molar-refractivity contribution >= 4 is 23.4 Å². The highest BCUT2D eigenvalue weighted by molar-refractivity contribution is 8.00. The van der Waals surface area contributed by atoms with E-state index in [1.165, 1.54) is 23.9 Å². The lowest BCUT2D eigenvalue weighted by Gasteiger charge is -2.36. The molecule has 1 fully saturated rings. The van der Waals surface area contributed by atoms with Crippen molar-refractivity contribution in [2.45, 2.75) is 4.90 Å². The number of rotatable bonds is 5. The highest BCUT2D eigenvalue weighted by Crippen LogP contribution is 2.22. The molecule has 0 spiro atoms. The molecule has 0 bridgehead atoms. The summed E-state index contributed by atoms with van der Waals surface area (Å²) in [5, 5.41) is 0. The molecule has 0 N–H and O–H groups in total. The van der Waals surface area contributed by atoms with Crippen molar-refractivity contribution in [3.05, 3.63) is 54.3 Å². The van der Waals surface area contributed by atoms with E-state index in [4.69, 9.17) is 4.74 Å². The van der Waals surface area contributed by atoms with Crippen LogP contribution in [0.4, 0.5) is 10.1 Å². The first-order valence-electron chi connectivity index (χ1n) is 8.21. The van der Waals surface area contributed by atoms with Gasteiger partial charge in [0.15, 0.2) is 0 Å². The maximum Gasteiger partial charge on any atom is 0.233 e. The van der Waals surface area contributed by atoms with Gasteiger partial charge < -0.3 is 14.5 Å². The summed E-state index contributed by atoms with van der Waals surface area (Å²) in [5.74, 6) is 1.10. The van der Waals surface area contributed by atoms with Crippen LogP contribution in [0.2, 0.25) is 0 Å². The summed E-state index contributed by atoms with van der Waals surface area (Å²) in [6.07, 6.45) is 0. The molecule has 1 saturated heterocycles. The van der Waals surface area contributed by atoms with Gasteiger partial charge in [0.25, 0.3) is 0 Å². The zero-order valence-corrected chi connectivity index (χ0v) is 15.0. The van der Waals surface area contributed by atoms with Crippen molar-refractivity contribution in [2.24, 2.45) is 0 Å². The molecule has 0 atom stereocenters. The van der Waals surface area contributed by atoms with Gasteiger partial charge in [0.1, 0.15) is 11.6 Å². The van der Waals surface area contributed by atoms with E-state index in [1.807, 2.05) is 29.2 Å². The molecule has 0 aromatic heterocycles. The normalized spacial score (nSPS) is 14.5. The third-order valence-corrected chi connectivity index (χ3v) is 5.24. The Hall–Kier alpha value is -2.21. The number of hydrogen-bond acceptors (Lipinski definition) is 4. The Kier molecular flexibility index (Phi) is 5.81. The summed E-state index contributed by atoms with van der Waals surface area (Å²) in [7, 11) is 1.66. The van der Waals surface area contributed by atoms with Crippen molar-refractivity contribution in [1.29, 1.82) is 0 Å². The summed E-state index contributed by atoms with van der Waals surface area (Å²) in [6, 6.07) is 14.2. The Morgan fingerprint density at radius 1 is 1.04 bits per heavy atom. The van der Waals surface area contributed by atoms with Crippen LogP contribution in [0, 0.1) is 5.82 Å². The first-order chi connectivity index (χ1) is 12.2. The fraction of sp³-hybridized carbons (Fsp3) is 0.316. The maximum absolute atomic E-state index is 12.9. The van der Waals surface area contributed by atoms with Gasteiger partial charge in [0, 0.05) is 36.8 Å². The van der Waals surface area contributed by atoms with Crippen molar-refractivity contribution in [2.75, 3.05) is 43.9 Å². The quantitative estimate of drug-likeness (QED) is 0.766. The molecular weight excluding hydrogens is 339 g/mol. The Morgan fingerprint density at radius 3 is 2.28 bits per heavy atom. The second-order valence-corrected chi connectivity index (χ2v) is 6.86. The first kappa shape index (κ1) is 17.6. The topological polar surface area (TPSA) is 32.8 Å². The molecule has 2 aromatic rings. The van der Waals surface area contributed by atoms with Gasteiger partial charge in [-0.15, -0.1) is 11.8 Å². The van der Waals surface area contributed by atoms with Gasteiger partial charge in [0.05, 0.1) is 12.9 Å². The molecule has 1 amide bonds. The molecule has 0 unspecified atom stereocenters. The molecule has 0 aliphatic carbocycles. The number of ether oxygens (including phenoxy) is 1. The molecule has 1 aliphatic heterocycles. The number of methoxy groups -OCH3 is 1. The van der Waals surface area contributed by atoms with E-state index in [9.17, 15) is 9.18 Å². The lowest BCUT2D eigenvalue weighted by atomic mass is 10.2. The van der Waals surface area contributed by atoms with Crippen LogP contribution >= 0.6 is 11.8 Å². The molecule has 1 aliphatic rings. The Labute approximate surface area is 151 Å². The number of nitrogens with zero attached hydrogens (tertiary/aromatic N) is 2. The summed E-state index contributed by atoms with van der Waals surface area (Å²) >= 11 is 1.45. The van der Waals surface area contributed by atoms with Crippen LogP contribution in [0.25, 0.3) is 0 Å². The third kappa shape index (κ3) is 4.66. The molecule has 132 valence electrons. The van der Waals surface area contributed by atoms with Crippen LogP contribution in [0.1, 0.15) is 0 Å². The van der Waals surface area contributed by atoms with Crippen LogP contribution in [-0.4, -0.2) is 49.8 Å². The minimum absolute atomic E-state index is 0.128. The van der Waals surface area contributed by atoms with Gasteiger partial charge in [-0.1, -0.05) is 0 Å². The zero-order chi connectivity index (χ0) is 17.6. The molecule has 1 heterocycles. The van der Waals surface area contributed by atoms with Crippen LogP contribution in [0.15, 0.2) is 53.4 Å².